The quantitative estimate of drug-likeness (QED) is 0.623. The van der Waals surface area contributed by atoms with E-state index in [1.807, 2.05) is 0 Å². The van der Waals surface area contributed by atoms with Gasteiger partial charge in [-0.05, 0) is 12.1 Å². The second-order valence-electron chi connectivity index (χ2n) is 3.45. The average molecular weight is 293 g/mol. The van der Waals surface area contributed by atoms with Crippen LogP contribution in [0.3, 0.4) is 0 Å². The Labute approximate surface area is 115 Å². The molecule has 1 amide bonds. The molecule has 100 valence electrons. The molecule has 1 aromatic rings. The number of benzene rings is 1. The number of ether oxygens (including phenoxy) is 2. The van der Waals surface area contributed by atoms with Crippen molar-refractivity contribution in [2.75, 3.05) is 38.0 Å². The van der Waals surface area contributed by atoms with E-state index in [0.717, 1.165) is 0 Å². The van der Waals surface area contributed by atoms with Crippen LogP contribution < -0.4 is 11.1 Å². The van der Waals surface area contributed by atoms with Crippen molar-refractivity contribution in [1.29, 1.82) is 0 Å². The van der Waals surface area contributed by atoms with E-state index < -0.39 is 0 Å². The topological polar surface area (TPSA) is 73.6 Å². The van der Waals surface area contributed by atoms with E-state index in [-0.39, 0.29) is 17.5 Å². The Bertz CT molecular complexity index is 404. The number of hydrogen-bond donors (Lipinski definition) is 2. The maximum Gasteiger partial charge on any atom is 0.250 e. The summed E-state index contributed by atoms with van der Waals surface area (Å²) >= 11 is 11.7. The fourth-order valence-corrected chi connectivity index (χ4v) is 1.76. The van der Waals surface area contributed by atoms with Gasteiger partial charge in [0.15, 0.2) is 0 Å². The third-order valence-electron chi connectivity index (χ3n) is 2.01. The molecule has 7 heteroatoms. The summed E-state index contributed by atoms with van der Waals surface area (Å²) in [5.74, 6) is -0.345. The van der Waals surface area contributed by atoms with Gasteiger partial charge in [-0.15, -0.1) is 0 Å². The SMILES string of the molecule is COCCOCC(=O)Nc1c(N)cc(Cl)cc1Cl. The van der Waals surface area contributed by atoms with Crippen molar-refractivity contribution >= 4 is 40.5 Å². The molecular formula is C11H14Cl2N2O3. The number of hydrogen-bond acceptors (Lipinski definition) is 4. The molecule has 0 heterocycles. The van der Waals surface area contributed by atoms with Crippen LogP contribution in [0.15, 0.2) is 12.1 Å². The lowest BCUT2D eigenvalue weighted by Crippen LogP contribution is -2.20. The first-order chi connectivity index (χ1) is 8.54. The number of carbonyl (C=O) groups is 1. The molecule has 3 N–H and O–H groups in total. The van der Waals surface area contributed by atoms with E-state index in [0.29, 0.717) is 29.6 Å². The Kier molecular flexibility index (Phi) is 6.21. The number of anilines is 2. The fourth-order valence-electron chi connectivity index (χ4n) is 1.21. The highest BCUT2D eigenvalue weighted by Crippen LogP contribution is 2.31. The lowest BCUT2D eigenvalue weighted by Gasteiger charge is -2.10. The molecule has 0 aliphatic heterocycles. The smallest absolute Gasteiger partial charge is 0.250 e. The number of nitrogen functional groups attached to an aromatic ring is 1. The Morgan fingerprint density at radius 1 is 1.39 bits per heavy atom. The van der Waals surface area contributed by atoms with E-state index in [1.165, 1.54) is 12.1 Å². The number of nitrogens with two attached hydrogens (primary N) is 1. The third-order valence-corrected chi connectivity index (χ3v) is 2.53. The first-order valence-electron chi connectivity index (χ1n) is 5.15. The molecule has 5 nitrogen and oxygen atoms in total. The molecule has 0 unspecified atom stereocenters. The number of amides is 1. The molecule has 0 aliphatic carbocycles. The minimum Gasteiger partial charge on any atom is -0.397 e. The molecule has 0 aliphatic rings. The van der Waals surface area contributed by atoms with Gasteiger partial charge in [0.25, 0.3) is 0 Å². The molecule has 0 saturated heterocycles. The molecule has 0 spiro atoms. The molecule has 0 atom stereocenters. The standard InChI is InChI=1S/C11H14Cl2N2O3/c1-17-2-3-18-6-10(16)15-11-8(13)4-7(12)5-9(11)14/h4-5H,2-3,6,14H2,1H3,(H,15,16). The van der Waals surface area contributed by atoms with E-state index in [1.54, 1.807) is 7.11 Å². The van der Waals surface area contributed by atoms with Gasteiger partial charge in [0.05, 0.1) is 29.6 Å². The van der Waals surface area contributed by atoms with Crippen molar-refractivity contribution in [2.45, 2.75) is 0 Å². The minimum absolute atomic E-state index is 0.0955. The van der Waals surface area contributed by atoms with Crippen LogP contribution in [0.25, 0.3) is 0 Å². The summed E-state index contributed by atoms with van der Waals surface area (Å²) in [5.41, 5.74) is 6.34. The van der Waals surface area contributed by atoms with Gasteiger partial charge in [-0.25, -0.2) is 0 Å². The predicted octanol–water partition coefficient (Wildman–Crippen LogP) is 2.18. The van der Waals surface area contributed by atoms with Gasteiger partial charge in [0.2, 0.25) is 5.91 Å². The van der Waals surface area contributed by atoms with Crippen LogP contribution in [0.1, 0.15) is 0 Å². The summed E-state index contributed by atoms with van der Waals surface area (Å²) in [7, 11) is 1.55. The Hall–Kier alpha value is -1.01. The van der Waals surface area contributed by atoms with Crippen LogP contribution in [0.4, 0.5) is 11.4 Å². The second kappa shape index (κ2) is 7.43. The zero-order chi connectivity index (χ0) is 13.5. The van der Waals surface area contributed by atoms with E-state index in [2.05, 4.69) is 5.32 Å². The zero-order valence-electron chi connectivity index (χ0n) is 9.83. The molecule has 0 radical (unpaired) electrons. The van der Waals surface area contributed by atoms with Crippen molar-refractivity contribution < 1.29 is 14.3 Å². The molecular weight excluding hydrogens is 279 g/mol. The minimum atomic E-state index is -0.345. The van der Waals surface area contributed by atoms with Gasteiger partial charge in [-0.3, -0.25) is 4.79 Å². The highest BCUT2D eigenvalue weighted by atomic mass is 35.5. The summed E-state index contributed by atoms with van der Waals surface area (Å²) in [6.45, 7) is 0.673. The maximum absolute atomic E-state index is 11.5. The van der Waals surface area contributed by atoms with Crippen LogP contribution in [0.2, 0.25) is 10.0 Å². The van der Waals surface area contributed by atoms with E-state index >= 15 is 0 Å². The van der Waals surface area contributed by atoms with Crippen molar-refractivity contribution in [1.82, 2.24) is 0 Å². The first kappa shape index (κ1) is 15.0. The molecule has 1 aromatic carbocycles. The Morgan fingerprint density at radius 2 is 2.11 bits per heavy atom. The van der Waals surface area contributed by atoms with Gasteiger partial charge in [0.1, 0.15) is 6.61 Å². The molecule has 1 rings (SSSR count). The lowest BCUT2D eigenvalue weighted by molar-refractivity contribution is -0.121. The highest BCUT2D eigenvalue weighted by molar-refractivity contribution is 6.37. The monoisotopic (exact) mass is 292 g/mol. The zero-order valence-corrected chi connectivity index (χ0v) is 11.3. The first-order valence-corrected chi connectivity index (χ1v) is 5.91. The van der Waals surface area contributed by atoms with Crippen LogP contribution in [-0.2, 0) is 14.3 Å². The molecule has 0 aromatic heterocycles. The summed E-state index contributed by atoms with van der Waals surface area (Å²) in [6, 6.07) is 3.01. The van der Waals surface area contributed by atoms with Gasteiger partial charge < -0.3 is 20.5 Å². The summed E-state index contributed by atoms with van der Waals surface area (Å²) < 4.78 is 9.85. The van der Waals surface area contributed by atoms with Crippen molar-refractivity contribution in [3.05, 3.63) is 22.2 Å². The molecule has 0 saturated carbocycles. The van der Waals surface area contributed by atoms with Crippen molar-refractivity contribution in [3.63, 3.8) is 0 Å². The largest absolute Gasteiger partial charge is 0.397 e. The Morgan fingerprint density at radius 3 is 2.72 bits per heavy atom. The number of halogens is 2. The number of methoxy groups -OCH3 is 1. The van der Waals surface area contributed by atoms with Gasteiger partial charge in [-0.2, -0.15) is 0 Å². The van der Waals surface area contributed by atoms with Gasteiger partial charge >= 0.3 is 0 Å². The number of rotatable bonds is 6. The normalized spacial score (nSPS) is 10.4. The van der Waals surface area contributed by atoms with Crippen LogP contribution in [0.5, 0.6) is 0 Å². The summed E-state index contributed by atoms with van der Waals surface area (Å²) in [4.78, 5) is 11.5. The number of carbonyl (C=O) groups excluding carboxylic acids is 1. The van der Waals surface area contributed by atoms with Crippen molar-refractivity contribution in [3.8, 4) is 0 Å². The molecule has 0 bridgehead atoms. The van der Waals surface area contributed by atoms with Crippen LogP contribution >= 0.6 is 23.2 Å². The number of nitrogens with one attached hydrogen (secondary N) is 1. The van der Waals surface area contributed by atoms with E-state index in [4.69, 9.17) is 38.4 Å². The average Bonchev–Trinajstić information content (AvgIpc) is 2.29. The molecule has 0 fully saturated rings. The van der Waals surface area contributed by atoms with Crippen LogP contribution in [-0.4, -0.2) is 32.8 Å². The summed E-state index contributed by atoms with van der Waals surface area (Å²) in [5, 5.41) is 3.25. The molecule has 18 heavy (non-hydrogen) atoms. The lowest BCUT2D eigenvalue weighted by atomic mass is 10.2. The second-order valence-corrected chi connectivity index (χ2v) is 4.29. The van der Waals surface area contributed by atoms with Gasteiger partial charge in [-0.1, -0.05) is 23.2 Å². The van der Waals surface area contributed by atoms with Crippen LogP contribution in [0, 0.1) is 0 Å². The van der Waals surface area contributed by atoms with Gasteiger partial charge in [0, 0.05) is 12.1 Å². The summed E-state index contributed by atoms with van der Waals surface area (Å²) in [6.07, 6.45) is 0. The fraction of sp³-hybridized carbons (Fsp3) is 0.364. The highest BCUT2D eigenvalue weighted by Gasteiger charge is 2.10. The maximum atomic E-state index is 11.5. The van der Waals surface area contributed by atoms with E-state index in [9.17, 15) is 4.79 Å². The Balaban J connectivity index is 2.54. The third kappa shape index (κ3) is 4.70. The van der Waals surface area contributed by atoms with Crippen molar-refractivity contribution in [2.24, 2.45) is 0 Å². The predicted molar refractivity (Wildman–Crippen MR) is 72.2 cm³/mol.